The normalized spacial score (nSPS) is 12.0. The topological polar surface area (TPSA) is 30.9 Å². The van der Waals surface area contributed by atoms with Crippen LogP contribution in [0.25, 0.3) is 0 Å². The van der Waals surface area contributed by atoms with Crippen LogP contribution in [-0.4, -0.2) is 10.5 Å². The maximum absolute atomic E-state index is 12.5. The van der Waals surface area contributed by atoms with Gasteiger partial charge in [-0.1, -0.05) is 0 Å². The van der Waals surface area contributed by atoms with Gasteiger partial charge in [0.15, 0.2) is 0 Å². The van der Waals surface area contributed by atoms with Gasteiger partial charge in [-0.2, -0.15) is 0 Å². The van der Waals surface area contributed by atoms with E-state index in [1.807, 2.05) is 0 Å². The second-order valence-electron chi connectivity index (χ2n) is 2.90. The van der Waals surface area contributed by atoms with Crippen molar-refractivity contribution in [2.45, 2.75) is 25.9 Å². The minimum absolute atomic E-state index is 0.295. The van der Waals surface area contributed by atoms with E-state index < -0.39 is 5.92 Å². The molecule has 0 aliphatic rings. The Kier molecular flexibility index (Phi) is 2.47. The van der Waals surface area contributed by atoms with E-state index in [-0.39, 0.29) is 6.54 Å². The van der Waals surface area contributed by atoms with Crippen molar-refractivity contribution < 1.29 is 8.78 Å². The van der Waals surface area contributed by atoms with Crippen LogP contribution in [0.2, 0.25) is 0 Å². The molecule has 0 fully saturated rings. The van der Waals surface area contributed by atoms with Crippen LogP contribution >= 0.6 is 0 Å². The van der Waals surface area contributed by atoms with Gasteiger partial charge >= 0.3 is 0 Å². The Morgan fingerprint density at radius 1 is 1.58 bits per heavy atom. The maximum Gasteiger partial charge on any atom is 0.262 e. The summed E-state index contributed by atoms with van der Waals surface area (Å²) in [5, 5.41) is 0. The van der Waals surface area contributed by atoms with Crippen LogP contribution in [0, 0.1) is 0 Å². The van der Waals surface area contributed by atoms with E-state index in [9.17, 15) is 8.78 Å². The van der Waals surface area contributed by atoms with E-state index in [1.54, 1.807) is 18.3 Å². The molecule has 0 saturated carbocycles. The van der Waals surface area contributed by atoms with E-state index in [0.29, 0.717) is 6.54 Å². The highest BCUT2D eigenvalue weighted by Gasteiger charge is 2.22. The molecule has 2 N–H and O–H groups in total. The molecule has 68 valence electrons. The second kappa shape index (κ2) is 3.23. The third-order valence-corrected chi connectivity index (χ3v) is 1.58. The fraction of sp³-hybridized carbons (Fsp3) is 0.500. The second-order valence-corrected chi connectivity index (χ2v) is 2.90. The zero-order chi connectivity index (χ0) is 9.19. The monoisotopic (exact) mass is 174 g/mol. The Morgan fingerprint density at radius 3 is 2.75 bits per heavy atom. The summed E-state index contributed by atoms with van der Waals surface area (Å²) < 4.78 is 26.6. The summed E-state index contributed by atoms with van der Waals surface area (Å²) in [6.07, 6.45) is 1.61. The SMILES string of the molecule is CC(F)(F)Cn1cccc1CN. The Hall–Kier alpha value is -0.900. The van der Waals surface area contributed by atoms with Crippen LogP contribution in [0.3, 0.4) is 0 Å². The molecule has 1 rings (SSSR count). The van der Waals surface area contributed by atoms with Gasteiger partial charge in [0.25, 0.3) is 5.92 Å². The molecule has 1 aromatic heterocycles. The highest BCUT2D eigenvalue weighted by Crippen LogP contribution is 2.16. The summed E-state index contributed by atoms with van der Waals surface area (Å²) in [6, 6.07) is 3.46. The molecule has 0 unspecified atom stereocenters. The zero-order valence-corrected chi connectivity index (χ0v) is 6.93. The molecular weight excluding hydrogens is 162 g/mol. The molecular formula is C8H12F2N2. The molecule has 2 nitrogen and oxygen atoms in total. The third kappa shape index (κ3) is 2.30. The lowest BCUT2D eigenvalue weighted by Gasteiger charge is -2.13. The zero-order valence-electron chi connectivity index (χ0n) is 6.93. The van der Waals surface area contributed by atoms with Crippen molar-refractivity contribution >= 4 is 0 Å². The third-order valence-electron chi connectivity index (χ3n) is 1.58. The number of hydrogen-bond donors (Lipinski definition) is 1. The predicted octanol–water partition coefficient (Wildman–Crippen LogP) is 1.60. The Morgan fingerprint density at radius 2 is 2.25 bits per heavy atom. The van der Waals surface area contributed by atoms with Crippen molar-refractivity contribution in [2.24, 2.45) is 5.73 Å². The number of rotatable bonds is 3. The molecule has 0 amide bonds. The average molecular weight is 174 g/mol. The first-order valence-electron chi connectivity index (χ1n) is 3.75. The number of nitrogens with two attached hydrogens (primary N) is 1. The van der Waals surface area contributed by atoms with Crippen LogP contribution in [0.4, 0.5) is 8.78 Å². The van der Waals surface area contributed by atoms with Crippen molar-refractivity contribution in [3.8, 4) is 0 Å². The van der Waals surface area contributed by atoms with Crippen LogP contribution < -0.4 is 5.73 Å². The minimum atomic E-state index is -2.68. The Balaban J connectivity index is 2.75. The van der Waals surface area contributed by atoms with Gasteiger partial charge in [0.05, 0.1) is 6.54 Å². The number of halogens is 2. The quantitative estimate of drug-likeness (QED) is 0.741. The van der Waals surface area contributed by atoms with E-state index in [1.165, 1.54) is 4.57 Å². The van der Waals surface area contributed by atoms with Crippen LogP contribution in [-0.2, 0) is 13.1 Å². The largest absolute Gasteiger partial charge is 0.344 e. The molecule has 0 bridgehead atoms. The Labute approximate surface area is 70.0 Å². The van der Waals surface area contributed by atoms with Crippen molar-refractivity contribution in [3.05, 3.63) is 24.0 Å². The van der Waals surface area contributed by atoms with Gasteiger partial charge in [-0.25, -0.2) is 8.78 Å². The first kappa shape index (κ1) is 9.19. The molecule has 0 atom stereocenters. The molecule has 1 aromatic rings. The molecule has 0 aliphatic carbocycles. The molecule has 1 heterocycles. The fourth-order valence-electron chi connectivity index (χ4n) is 1.09. The van der Waals surface area contributed by atoms with Crippen molar-refractivity contribution in [2.75, 3.05) is 0 Å². The van der Waals surface area contributed by atoms with Gasteiger partial charge in [-0.15, -0.1) is 0 Å². The molecule has 0 aliphatic heterocycles. The highest BCUT2D eigenvalue weighted by atomic mass is 19.3. The molecule has 12 heavy (non-hydrogen) atoms. The Bertz CT molecular complexity index is 250. The smallest absolute Gasteiger partial charge is 0.262 e. The molecule has 0 spiro atoms. The van der Waals surface area contributed by atoms with Gasteiger partial charge in [0.2, 0.25) is 0 Å². The van der Waals surface area contributed by atoms with Crippen molar-refractivity contribution in [1.29, 1.82) is 0 Å². The van der Waals surface area contributed by atoms with Crippen molar-refractivity contribution in [3.63, 3.8) is 0 Å². The number of hydrogen-bond acceptors (Lipinski definition) is 1. The minimum Gasteiger partial charge on any atom is -0.344 e. The maximum atomic E-state index is 12.5. The van der Waals surface area contributed by atoms with E-state index in [4.69, 9.17) is 5.73 Å². The molecule has 0 radical (unpaired) electrons. The standard InChI is InChI=1S/C8H12F2N2/c1-8(9,10)6-12-4-2-3-7(12)5-11/h2-4H,5-6,11H2,1H3. The van der Waals surface area contributed by atoms with Crippen LogP contribution in [0.1, 0.15) is 12.6 Å². The predicted molar refractivity (Wildman–Crippen MR) is 42.9 cm³/mol. The van der Waals surface area contributed by atoms with Gasteiger partial charge < -0.3 is 10.3 Å². The van der Waals surface area contributed by atoms with Gasteiger partial charge in [-0.3, -0.25) is 0 Å². The lowest BCUT2D eigenvalue weighted by Crippen LogP contribution is -2.20. The molecule has 4 heteroatoms. The first-order valence-corrected chi connectivity index (χ1v) is 3.75. The summed E-state index contributed by atoms with van der Waals surface area (Å²) in [6.45, 7) is 0.892. The lowest BCUT2D eigenvalue weighted by atomic mass is 10.3. The number of alkyl halides is 2. The van der Waals surface area contributed by atoms with Crippen LogP contribution in [0.15, 0.2) is 18.3 Å². The van der Waals surface area contributed by atoms with E-state index in [0.717, 1.165) is 12.6 Å². The molecule has 0 saturated heterocycles. The van der Waals surface area contributed by atoms with Gasteiger partial charge in [0, 0.05) is 25.4 Å². The van der Waals surface area contributed by atoms with Crippen LogP contribution in [0.5, 0.6) is 0 Å². The van der Waals surface area contributed by atoms with Crippen molar-refractivity contribution in [1.82, 2.24) is 4.57 Å². The summed E-state index contributed by atoms with van der Waals surface area (Å²) in [5.74, 6) is -2.68. The van der Waals surface area contributed by atoms with E-state index in [2.05, 4.69) is 0 Å². The number of nitrogens with zero attached hydrogens (tertiary/aromatic N) is 1. The fourth-order valence-corrected chi connectivity index (χ4v) is 1.09. The summed E-state index contributed by atoms with van der Waals surface area (Å²) in [7, 11) is 0. The summed E-state index contributed by atoms with van der Waals surface area (Å²) >= 11 is 0. The number of aromatic nitrogens is 1. The summed E-state index contributed by atoms with van der Waals surface area (Å²) in [4.78, 5) is 0. The molecule has 0 aromatic carbocycles. The van der Waals surface area contributed by atoms with Gasteiger partial charge in [0.1, 0.15) is 0 Å². The highest BCUT2D eigenvalue weighted by molar-refractivity contribution is 5.06. The first-order chi connectivity index (χ1) is 5.53. The average Bonchev–Trinajstić information content (AvgIpc) is 2.31. The lowest BCUT2D eigenvalue weighted by molar-refractivity contribution is 0.00335. The van der Waals surface area contributed by atoms with Gasteiger partial charge in [-0.05, 0) is 12.1 Å². The summed E-state index contributed by atoms with van der Waals surface area (Å²) in [5.41, 5.74) is 6.08. The van der Waals surface area contributed by atoms with E-state index >= 15 is 0 Å².